The Bertz CT molecular complexity index is 833. The van der Waals surface area contributed by atoms with Crippen LogP contribution in [0.5, 0.6) is 17.5 Å². The minimum absolute atomic E-state index is 0.169. The molecule has 9 heteroatoms. The van der Waals surface area contributed by atoms with Crippen LogP contribution in [0.25, 0.3) is 0 Å². The van der Waals surface area contributed by atoms with Gasteiger partial charge in [0.15, 0.2) is 0 Å². The maximum atomic E-state index is 11.1. The van der Waals surface area contributed by atoms with E-state index >= 15 is 0 Å². The second-order valence-corrected chi connectivity index (χ2v) is 8.15. The molecular weight excluding hydrogens is 394 g/mol. The first kappa shape index (κ1) is 20.2. The molecule has 0 atom stereocenters. The number of nitrogens with one attached hydrogen (secondary N) is 1. The van der Waals surface area contributed by atoms with Gasteiger partial charge in [-0.1, -0.05) is 12.1 Å². The van der Waals surface area contributed by atoms with Crippen molar-refractivity contribution >= 4 is 11.4 Å². The van der Waals surface area contributed by atoms with E-state index in [1.807, 2.05) is 31.2 Å². The molecule has 2 saturated heterocycles. The van der Waals surface area contributed by atoms with Gasteiger partial charge in [0, 0.05) is 5.92 Å². The summed E-state index contributed by atoms with van der Waals surface area (Å²) in [7, 11) is 0. The molecule has 0 aliphatic carbocycles. The second kappa shape index (κ2) is 9.62. The van der Waals surface area contributed by atoms with Gasteiger partial charge < -0.3 is 14.8 Å². The van der Waals surface area contributed by atoms with E-state index in [4.69, 9.17) is 17.8 Å². The molecule has 156 valence electrons. The summed E-state index contributed by atoms with van der Waals surface area (Å²) in [5, 5.41) is 3.33. The maximum absolute atomic E-state index is 11.1. The lowest BCUT2D eigenvalue weighted by Gasteiger charge is -2.24. The number of nitrogens with zero attached hydrogens (tertiary/aromatic N) is 2. The van der Waals surface area contributed by atoms with Crippen molar-refractivity contribution in [1.29, 1.82) is 0 Å². The molecule has 1 N–H and O–H groups in total. The van der Waals surface area contributed by atoms with Gasteiger partial charge in [-0.3, -0.25) is 8.37 Å². The fourth-order valence-electron chi connectivity index (χ4n) is 3.35. The van der Waals surface area contributed by atoms with Crippen LogP contribution in [-0.4, -0.2) is 46.6 Å². The summed E-state index contributed by atoms with van der Waals surface area (Å²) in [4.78, 5) is 8.54. The molecule has 0 amide bonds. The van der Waals surface area contributed by atoms with Crippen LogP contribution in [0.4, 0.5) is 0 Å². The van der Waals surface area contributed by atoms with Crippen LogP contribution in [0.15, 0.2) is 30.6 Å². The van der Waals surface area contributed by atoms with Gasteiger partial charge in [0.1, 0.15) is 18.2 Å². The molecule has 0 bridgehead atoms. The van der Waals surface area contributed by atoms with Crippen LogP contribution in [0, 0.1) is 12.8 Å². The molecule has 2 aromatic rings. The van der Waals surface area contributed by atoms with Crippen molar-refractivity contribution < 1.29 is 22.0 Å². The molecule has 0 spiro atoms. The first-order valence-corrected chi connectivity index (χ1v) is 10.8. The Hall–Kier alpha value is -2.07. The molecular formula is C20H25N3O5S. The lowest BCUT2D eigenvalue weighted by atomic mass is 10.0. The highest BCUT2D eigenvalue weighted by molar-refractivity contribution is 7.75. The number of hydrogen-bond acceptors (Lipinski definition) is 8. The zero-order valence-corrected chi connectivity index (χ0v) is 17.2. The molecule has 4 rings (SSSR count). The van der Waals surface area contributed by atoms with E-state index in [1.54, 1.807) is 0 Å². The quantitative estimate of drug-likeness (QED) is 0.764. The highest BCUT2D eigenvalue weighted by Crippen LogP contribution is 2.29. The number of ether oxygens (including phenoxy) is 2. The normalized spacial score (nSPS) is 22.9. The zero-order chi connectivity index (χ0) is 20.1. The summed E-state index contributed by atoms with van der Waals surface area (Å²) < 4.78 is 33.2. The Morgan fingerprint density at radius 3 is 2.52 bits per heavy atom. The summed E-state index contributed by atoms with van der Waals surface area (Å²) in [6.45, 7) is 4.70. The van der Waals surface area contributed by atoms with Crippen molar-refractivity contribution in [3.8, 4) is 17.5 Å². The van der Waals surface area contributed by atoms with Gasteiger partial charge in [0.2, 0.25) is 11.8 Å². The largest absolute Gasteiger partial charge is 0.474 e. The molecule has 3 heterocycles. The number of aromatic nitrogens is 2. The first-order valence-electron chi connectivity index (χ1n) is 9.81. The third-order valence-electron chi connectivity index (χ3n) is 5.02. The molecule has 2 aliphatic rings. The zero-order valence-electron chi connectivity index (χ0n) is 16.3. The van der Waals surface area contributed by atoms with Gasteiger partial charge >= 0.3 is 11.4 Å². The molecule has 29 heavy (non-hydrogen) atoms. The van der Waals surface area contributed by atoms with Crippen LogP contribution < -0.4 is 14.8 Å². The number of benzene rings is 1. The maximum Gasteiger partial charge on any atom is 0.304 e. The third kappa shape index (κ3) is 5.51. The molecule has 0 unspecified atom stereocenters. The van der Waals surface area contributed by atoms with E-state index < -0.39 is 11.4 Å². The monoisotopic (exact) mass is 419 g/mol. The van der Waals surface area contributed by atoms with E-state index in [2.05, 4.69) is 15.3 Å². The summed E-state index contributed by atoms with van der Waals surface area (Å²) in [6.07, 6.45) is 4.36. The van der Waals surface area contributed by atoms with E-state index in [9.17, 15) is 4.21 Å². The van der Waals surface area contributed by atoms with Gasteiger partial charge in [-0.2, -0.15) is 4.21 Å². The van der Waals surface area contributed by atoms with Crippen LogP contribution in [-0.2, 0) is 26.1 Å². The fourth-order valence-corrected chi connectivity index (χ4v) is 4.03. The van der Waals surface area contributed by atoms with Crippen LogP contribution in [0.2, 0.25) is 0 Å². The van der Waals surface area contributed by atoms with Crippen LogP contribution >= 0.6 is 0 Å². The predicted molar refractivity (Wildman–Crippen MR) is 107 cm³/mol. The summed E-state index contributed by atoms with van der Waals surface area (Å²) >= 11 is -1.60. The summed E-state index contributed by atoms with van der Waals surface area (Å²) in [5.41, 5.74) is 1.93. The van der Waals surface area contributed by atoms with Crippen molar-refractivity contribution in [2.75, 3.05) is 26.3 Å². The summed E-state index contributed by atoms with van der Waals surface area (Å²) in [5.74, 6) is 1.96. The van der Waals surface area contributed by atoms with Crippen molar-refractivity contribution in [2.45, 2.75) is 32.3 Å². The lowest BCUT2D eigenvalue weighted by Crippen LogP contribution is -2.34. The first-order chi connectivity index (χ1) is 14.2. The molecule has 2 fully saturated rings. The Morgan fingerprint density at radius 1 is 1.10 bits per heavy atom. The Kier molecular flexibility index (Phi) is 6.70. The van der Waals surface area contributed by atoms with Gasteiger partial charge in [-0.15, -0.1) is 0 Å². The Labute approximate surface area is 172 Å². The number of hydrogen-bond donors (Lipinski definition) is 1. The molecule has 1 aromatic heterocycles. The van der Waals surface area contributed by atoms with E-state index in [0.29, 0.717) is 30.7 Å². The van der Waals surface area contributed by atoms with Crippen molar-refractivity contribution in [1.82, 2.24) is 15.3 Å². The molecule has 2 aliphatic heterocycles. The highest BCUT2D eigenvalue weighted by atomic mass is 32.2. The number of piperidine rings is 1. The van der Waals surface area contributed by atoms with Gasteiger partial charge in [-0.05, 0) is 57.0 Å². The van der Waals surface area contributed by atoms with Crippen molar-refractivity contribution in [3.63, 3.8) is 0 Å². The minimum Gasteiger partial charge on any atom is -0.474 e. The predicted octanol–water partition coefficient (Wildman–Crippen LogP) is 2.49. The highest BCUT2D eigenvalue weighted by Gasteiger charge is 2.20. The smallest absolute Gasteiger partial charge is 0.304 e. The lowest BCUT2D eigenvalue weighted by molar-refractivity contribution is 0.124. The van der Waals surface area contributed by atoms with Gasteiger partial charge in [-0.25, -0.2) is 9.97 Å². The fraction of sp³-hybridized carbons (Fsp3) is 0.500. The molecule has 1 aromatic carbocycles. The Balaban J connectivity index is 1.37. The average Bonchev–Trinajstić information content (AvgIpc) is 2.75. The topological polar surface area (TPSA) is 91.8 Å². The molecule has 0 radical (unpaired) electrons. The SMILES string of the molecule is Cc1c(Oc2ccc(CC3COS(=O)OC3)cc2)ncnc1OC1CCNCC1. The van der Waals surface area contributed by atoms with Gasteiger partial charge in [0.25, 0.3) is 0 Å². The van der Waals surface area contributed by atoms with Gasteiger partial charge in [0.05, 0.1) is 18.8 Å². The van der Waals surface area contributed by atoms with E-state index in [-0.39, 0.29) is 12.0 Å². The van der Waals surface area contributed by atoms with Crippen molar-refractivity contribution in [2.24, 2.45) is 5.92 Å². The Morgan fingerprint density at radius 2 is 1.79 bits per heavy atom. The molecule has 0 saturated carbocycles. The van der Waals surface area contributed by atoms with E-state index in [1.165, 1.54) is 6.33 Å². The van der Waals surface area contributed by atoms with Crippen LogP contribution in [0.1, 0.15) is 24.0 Å². The minimum atomic E-state index is -1.60. The third-order valence-corrected chi connectivity index (χ3v) is 5.68. The standard InChI is InChI=1S/C20H25N3O5S/c1-14-19(22-13-23-20(14)28-18-6-8-21-9-7-18)27-17-4-2-15(3-5-17)10-16-11-25-29(24)26-12-16/h2-5,13,16,18,21H,6-12H2,1H3. The average molecular weight is 420 g/mol. The summed E-state index contributed by atoms with van der Waals surface area (Å²) in [6, 6.07) is 7.83. The second-order valence-electron chi connectivity index (χ2n) is 7.27. The molecule has 8 nitrogen and oxygen atoms in total. The van der Waals surface area contributed by atoms with Crippen molar-refractivity contribution in [3.05, 3.63) is 41.7 Å². The van der Waals surface area contributed by atoms with E-state index in [0.717, 1.165) is 43.5 Å². The van der Waals surface area contributed by atoms with Crippen LogP contribution in [0.3, 0.4) is 0 Å². The number of rotatable bonds is 6.